The topological polar surface area (TPSA) is 76.4 Å². The van der Waals surface area contributed by atoms with E-state index in [4.69, 9.17) is 4.42 Å². The number of hydrogen-bond donors (Lipinski definition) is 1. The smallest absolute Gasteiger partial charge is 0.300 e. The fourth-order valence-corrected chi connectivity index (χ4v) is 2.07. The number of para-hydroxylation sites is 1. The predicted molar refractivity (Wildman–Crippen MR) is 63.2 cm³/mol. The number of nitrogens with one attached hydrogen (secondary N) is 1. The maximum Gasteiger partial charge on any atom is 0.300 e. The zero-order chi connectivity index (χ0) is 13.5. The zero-order valence-corrected chi connectivity index (χ0v) is 10.5. The van der Waals surface area contributed by atoms with E-state index in [2.05, 4.69) is 0 Å². The molecule has 0 fully saturated rings. The van der Waals surface area contributed by atoms with E-state index in [1.54, 1.807) is 17.7 Å². The van der Waals surface area contributed by atoms with Gasteiger partial charge in [0.2, 0.25) is 10.0 Å². The second-order valence-electron chi connectivity index (χ2n) is 3.88. The molecule has 1 amide bonds. The molecular formula is C11H10FNO4S. The van der Waals surface area contributed by atoms with Gasteiger partial charge >= 0.3 is 5.91 Å². The molecule has 0 saturated carbocycles. The SMILES string of the molecule is Cc1c(C(=O)NS(C)(=O)=O)oc2c(F)cccc12. The normalized spacial score (nSPS) is 11.7. The molecule has 2 rings (SSSR count). The quantitative estimate of drug-likeness (QED) is 0.899. The minimum absolute atomic E-state index is 0.0614. The Balaban J connectivity index is 2.56. The van der Waals surface area contributed by atoms with Gasteiger partial charge in [-0.15, -0.1) is 0 Å². The lowest BCUT2D eigenvalue weighted by Gasteiger charge is -1.99. The average molecular weight is 271 g/mol. The summed E-state index contributed by atoms with van der Waals surface area (Å²) in [5.41, 5.74) is 0.333. The Morgan fingerprint density at radius 3 is 2.61 bits per heavy atom. The molecule has 18 heavy (non-hydrogen) atoms. The van der Waals surface area contributed by atoms with Crippen molar-refractivity contribution in [3.8, 4) is 0 Å². The number of sulfonamides is 1. The second-order valence-corrected chi connectivity index (χ2v) is 5.62. The Bertz CT molecular complexity index is 733. The van der Waals surface area contributed by atoms with Gasteiger partial charge in [0.25, 0.3) is 0 Å². The van der Waals surface area contributed by atoms with Gasteiger partial charge in [0, 0.05) is 10.9 Å². The first-order valence-corrected chi connectivity index (χ1v) is 6.88. The van der Waals surface area contributed by atoms with Crippen LogP contribution in [0.3, 0.4) is 0 Å². The van der Waals surface area contributed by atoms with E-state index in [-0.39, 0.29) is 11.3 Å². The minimum Gasteiger partial charge on any atom is -0.447 e. The third-order valence-corrected chi connectivity index (χ3v) is 2.96. The van der Waals surface area contributed by atoms with Crippen molar-refractivity contribution in [3.63, 3.8) is 0 Å². The first-order valence-electron chi connectivity index (χ1n) is 4.99. The summed E-state index contributed by atoms with van der Waals surface area (Å²) >= 11 is 0. The molecule has 0 aliphatic heterocycles. The van der Waals surface area contributed by atoms with Gasteiger partial charge in [-0.3, -0.25) is 4.79 Å². The molecule has 0 aliphatic carbocycles. The Kier molecular flexibility index (Phi) is 2.86. The molecule has 1 aromatic heterocycles. The van der Waals surface area contributed by atoms with E-state index >= 15 is 0 Å². The first kappa shape index (κ1) is 12.6. The van der Waals surface area contributed by atoms with Crippen molar-refractivity contribution in [1.82, 2.24) is 4.72 Å². The van der Waals surface area contributed by atoms with Crippen LogP contribution in [0.5, 0.6) is 0 Å². The molecule has 0 spiro atoms. The maximum absolute atomic E-state index is 13.4. The van der Waals surface area contributed by atoms with E-state index in [9.17, 15) is 17.6 Å². The van der Waals surface area contributed by atoms with Gasteiger partial charge in [-0.2, -0.15) is 0 Å². The highest BCUT2D eigenvalue weighted by atomic mass is 32.2. The van der Waals surface area contributed by atoms with Gasteiger partial charge in [-0.25, -0.2) is 17.5 Å². The van der Waals surface area contributed by atoms with Gasteiger partial charge in [0.05, 0.1) is 6.26 Å². The van der Waals surface area contributed by atoms with Crippen molar-refractivity contribution in [1.29, 1.82) is 0 Å². The number of amides is 1. The van der Waals surface area contributed by atoms with E-state index < -0.39 is 21.7 Å². The van der Waals surface area contributed by atoms with Crippen molar-refractivity contribution in [2.45, 2.75) is 6.92 Å². The molecule has 1 heterocycles. The molecule has 1 aromatic carbocycles. The summed E-state index contributed by atoms with van der Waals surface area (Å²) in [7, 11) is -3.69. The fraction of sp³-hybridized carbons (Fsp3) is 0.182. The summed E-state index contributed by atoms with van der Waals surface area (Å²) in [4.78, 5) is 11.7. The van der Waals surface area contributed by atoms with Crippen LogP contribution >= 0.6 is 0 Å². The molecule has 0 bridgehead atoms. The lowest BCUT2D eigenvalue weighted by Crippen LogP contribution is -2.29. The molecule has 5 nitrogen and oxygen atoms in total. The summed E-state index contributed by atoms with van der Waals surface area (Å²) in [5, 5.41) is 0.439. The molecule has 0 saturated heterocycles. The summed E-state index contributed by atoms with van der Waals surface area (Å²) in [6.07, 6.45) is 0.851. The van der Waals surface area contributed by atoms with E-state index in [0.717, 1.165) is 6.26 Å². The van der Waals surface area contributed by atoms with Crippen molar-refractivity contribution in [3.05, 3.63) is 35.3 Å². The molecule has 1 N–H and O–H groups in total. The lowest BCUT2D eigenvalue weighted by atomic mass is 10.1. The van der Waals surface area contributed by atoms with Crippen molar-refractivity contribution in [2.75, 3.05) is 6.26 Å². The van der Waals surface area contributed by atoms with Crippen LogP contribution in [-0.2, 0) is 10.0 Å². The number of carbonyl (C=O) groups is 1. The Morgan fingerprint density at radius 1 is 1.39 bits per heavy atom. The highest BCUT2D eigenvalue weighted by Gasteiger charge is 2.21. The van der Waals surface area contributed by atoms with Crippen LogP contribution in [0, 0.1) is 12.7 Å². The Labute approximate surface area is 103 Å². The van der Waals surface area contributed by atoms with Gasteiger partial charge in [-0.05, 0) is 13.0 Å². The lowest BCUT2D eigenvalue weighted by molar-refractivity contribution is 0.0956. The van der Waals surface area contributed by atoms with Gasteiger partial charge in [0.15, 0.2) is 17.2 Å². The molecular weight excluding hydrogens is 261 g/mol. The van der Waals surface area contributed by atoms with Crippen LogP contribution < -0.4 is 4.72 Å². The molecule has 0 radical (unpaired) electrons. The van der Waals surface area contributed by atoms with Crippen LogP contribution in [0.2, 0.25) is 0 Å². The van der Waals surface area contributed by atoms with Crippen LogP contribution in [0.25, 0.3) is 11.0 Å². The van der Waals surface area contributed by atoms with Crippen LogP contribution in [0.4, 0.5) is 4.39 Å². The van der Waals surface area contributed by atoms with Gasteiger partial charge < -0.3 is 4.42 Å². The fourth-order valence-electron chi connectivity index (χ4n) is 1.64. The van der Waals surface area contributed by atoms with Crippen LogP contribution in [0.1, 0.15) is 16.1 Å². The number of hydrogen-bond acceptors (Lipinski definition) is 4. The maximum atomic E-state index is 13.4. The standard InChI is InChI=1S/C11H10FNO4S/c1-6-7-4-3-5-8(12)10(7)17-9(6)11(14)13-18(2,15)16/h3-5H,1-2H3,(H,13,14). The zero-order valence-electron chi connectivity index (χ0n) is 9.65. The summed E-state index contributed by atoms with van der Waals surface area (Å²) < 4.78 is 42.2. The third kappa shape index (κ3) is 2.21. The number of fused-ring (bicyclic) bond motifs is 1. The van der Waals surface area contributed by atoms with Crippen LogP contribution in [0.15, 0.2) is 22.6 Å². The molecule has 2 aromatic rings. The molecule has 96 valence electrons. The number of benzene rings is 1. The Morgan fingerprint density at radius 2 is 2.06 bits per heavy atom. The number of furan rings is 1. The first-order chi connectivity index (χ1) is 8.29. The van der Waals surface area contributed by atoms with Crippen molar-refractivity contribution < 1.29 is 22.0 Å². The number of carbonyl (C=O) groups excluding carboxylic acids is 1. The molecule has 0 atom stereocenters. The van der Waals surface area contributed by atoms with Gasteiger partial charge in [-0.1, -0.05) is 12.1 Å². The Hall–Kier alpha value is -1.89. The minimum atomic E-state index is -3.69. The summed E-state index contributed by atoms with van der Waals surface area (Å²) in [6, 6.07) is 4.27. The van der Waals surface area contributed by atoms with Crippen molar-refractivity contribution in [2.24, 2.45) is 0 Å². The third-order valence-electron chi connectivity index (χ3n) is 2.40. The van der Waals surface area contributed by atoms with E-state index in [1.165, 1.54) is 12.1 Å². The highest BCUT2D eigenvalue weighted by Crippen LogP contribution is 2.27. The number of halogens is 1. The van der Waals surface area contributed by atoms with Gasteiger partial charge in [0.1, 0.15) is 0 Å². The molecule has 0 unspecified atom stereocenters. The second kappa shape index (κ2) is 4.09. The van der Waals surface area contributed by atoms with Crippen LogP contribution in [-0.4, -0.2) is 20.6 Å². The van der Waals surface area contributed by atoms with E-state index in [0.29, 0.717) is 10.9 Å². The largest absolute Gasteiger partial charge is 0.447 e. The summed E-state index contributed by atoms with van der Waals surface area (Å²) in [5.74, 6) is -1.72. The highest BCUT2D eigenvalue weighted by molar-refractivity contribution is 7.89. The van der Waals surface area contributed by atoms with E-state index in [1.807, 2.05) is 0 Å². The monoisotopic (exact) mass is 271 g/mol. The number of rotatable bonds is 2. The average Bonchev–Trinajstić information content (AvgIpc) is 2.56. The molecule has 7 heteroatoms. The number of aryl methyl sites for hydroxylation is 1. The predicted octanol–water partition coefficient (Wildman–Crippen LogP) is 1.57. The van der Waals surface area contributed by atoms with Crippen molar-refractivity contribution >= 4 is 26.9 Å². The molecule has 0 aliphatic rings. The summed E-state index contributed by atoms with van der Waals surface area (Å²) in [6.45, 7) is 1.56.